The minimum absolute atomic E-state index is 0.0202. The molecule has 1 aliphatic rings. The molecule has 1 amide bonds. The first-order chi connectivity index (χ1) is 9.50. The van der Waals surface area contributed by atoms with Crippen LogP contribution in [0.25, 0.3) is 0 Å². The average molecular weight is 331 g/mol. The molecule has 21 heavy (non-hydrogen) atoms. The Kier molecular flexibility index (Phi) is 3.87. The highest BCUT2D eigenvalue weighted by molar-refractivity contribution is 8.01. The number of amides is 1. The van der Waals surface area contributed by atoms with E-state index in [1.807, 2.05) is 0 Å². The third kappa shape index (κ3) is 3.26. The lowest BCUT2D eigenvalue weighted by molar-refractivity contribution is -0.143. The van der Waals surface area contributed by atoms with E-state index < -0.39 is 40.5 Å². The molecule has 0 radical (unpaired) electrons. The number of nitrogens with zero attached hydrogens (tertiary/aromatic N) is 1. The van der Waals surface area contributed by atoms with Crippen LogP contribution in [-0.2, 0) is 17.1 Å². The molecule has 1 unspecified atom stereocenters. The number of hydrogen-bond acceptors (Lipinski definition) is 3. The van der Waals surface area contributed by atoms with E-state index in [0.717, 1.165) is 0 Å². The summed E-state index contributed by atoms with van der Waals surface area (Å²) in [5.74, 6) is -1.18. The van der Waals surface area contributed by atoms with Gasteiger partial charge in [0.15, 0.2) is 5.44 Å². The lowest BCUT2D eigenvalue weighted by Gasteiger charge is -2.19. The highest BCUT2D eigenvalue weighted by Crippen LogP contribution is 2.39. The summed E-state index contributed by atoms with van der Waals surface area (Å²) < 4.78 is 76.0. The number of alkyl halides is 6. The molecule has 116 valence electrons. The van der Waals surface area contributed by atoms with Gasteiger partial charge in [0.05, 0.1) is 17.0 Å². The van der Waals surface area contributed by atoms with Gasteiger partial charge < -0.3 is 5.11 Å². The second kappa shape index (κ2) is 5.09. The molecule has 1 saturated heterocycles. The fourth-order valence-electron chi connectivity index (χ4n) is 1.71. The third-order valence-corrected chi connectivity index (χ3v) is 3.65. The minimum atomic E-state index is -4.98. The number of aliphatic hydroxyl groups excluding tert-OH is 1. The first-order valence-corrected chi connectivity index (χ1v) is 6.45. The maximum absolute atomic E-state index is 12.7. The Morgan fingerprint density at radius 2 is 1.52 bits per heavy atom. The zero-order chi connectivity index (χ0) is 16.0. The van der Waals surface area contributed by atoms with Gasteiger partial charge >= 0.3 is 12.4 Å². The summed E-state index contributed by atoms with van der Waals surface area (Å²) in [4.78, 5) is 12.2. The molecule has 1 heterocycles. The number of carbonyl (C=O) groups is 1. The molecular weight excluding hydrogens is 324 g/mol. The largest absolute Gasteiger partial charge is 0.416 e. The number of thioether (sulfide) groups is 1. The second-order valence-corrected chi connectivity index (χ2v) is 5.22. The van der Waals surface area contributed by atoms with E-state index >= 15 is 0 Å². The summed E-state index contributed by atoms with van der Waals surface area (Å²) in [5.41, 5.74) is -5.06. The Balaban J connectivity index is 2.53. The molecule has 0 aromatic heterocycles. The lowest BCUT2D eigenvalue weighted by Crippen LogP contribution is -2.29. The molecule has 1 aliphatic heterocycles. The van der Waals surface area contributed by atoms with Gasteiger partial charge in [0, 0.05) is 5.69 Å². The summed E-state index contributed by atoms with van der Waals surface area (Å²) in [7, 11) is 0. The van der Waals surface area contributed by atoms with E-state index in [1.54, 1.807) is 0 Å². The Morgan fingerprint density at radius 3 is 1.86 bits per heavy atom. The topological polar surface area (TPSA) is 40.5 Å². The van der Waals surface area contributed by atoms with Crippen LogP contribution in [0.15, 0.2) is 18.2 Å². The van der Waals surface area contributed by atoms with E-state index in [4.69, 9.17) is 0 Å². The van der Waals surface area contributed by atoms with E-state index in [2.05, 4.69) is 0 Å². The number of hydrogen-bond donors (Lipinski definition) is 1. The van der Waals surface area contributed by atoms with E-state index in [1.165, 1.54) is 0 Å². The van der Waals surface area contributed by atoms with E-state index in [9.17, 15) is 36.2 Å². The van der Waals surface area contributed by atoms with Crippen LogP contribution >= 0.6 is 11.8 Å². The van der Waals surface area contributed by atoms with E-state index in [-0.39, 0.29) is 11.9 Å². The van der Waals surface area contributed by atoms with Crippen molar-refractivity contribution in [1.82, 2.24) is 0 Å². The molecule has 10 heteroatoms. The molecule has 3 nitrogen and oxygen atoms in total. The van der Waals surface area contributed by atoms with Crippen LogP contribution in [0.3, 0.4) is 0 Å². The summed E-state index contributed by atoms with van der Waals surface area (Å²) in [6, 6.07) is 0.880. The lowest BCUT2D eigenvalue weighted by atomic mass is 10.1. The van der Waals surface area contributed by atoms with Gasteiger partial charge in [-0.3, -0.25) is 9.69 Å². The van der Waals surface area contributed by atoms with Crippen molar-refractivity contribution in [2.45, 2.75) is 17.8 Å². The SMILES string of the molecule is O=C1C(O)SCN1c1cc(C(F)(F)F)cc(C(F)(F)F)c1. The van der Waals surface area contributed by atoms with Gasteiger partial charge in [0.25, 0.3) is 5.91 Å². The Labute approximate surface area is 118 Å². The number of benzene rings is 1. The van der Waals surface area contributed by atoms with Gasteiger partial charge in [-0.15, -0.1) is 0 Å². The average Bonchev–Trinajstić information content (AvgIpc) is 2.67. The van der Waals surface area contributed by atoms with Crippen LogP contribution in [0, 0.1) is 0 Å². The fourth-order valence-corrected chi connectivity index (χ4v) is 2.55. The number of carbonyl (C=O) groups excluding carboxylic acids is 1. The van der Waals surface area contributed by atoms with E-state index in [0.29, 0.717) is 28.8 Å². The summed E-state index contributed by atoms with van der Waals surface area (Å²) in [6.45, 7) is 0. The van der Waals surface area contributed by atoms with Crippen molar-refractivity contribution in [3.05, 3.63) is 29.3 Å². The van der Waals surface area contributed by atoms with Crippen molar-refractivity contribution >= 4 is 23.4 Å². The van der Waals surface area contributed by atoms with Crippen LogP contribution in [0.5, 0.6) is 0 Å². The number of halogens is 6. The van der Waals surface area contributed by atoms with Crippen LogP contribution in [0.2, 0.25) is 0 Å². The molecule has 2 rings (SSSR count). The third-order valence-electron chi connectivity index (χ3n) is 2.72. The first kappa shape index (κ1) is 16.0. The molecule has 0 aliphatic carbocycles. The molecular formula is C11H7F6NO2S. The summed E-state index contributed by atoms with van der Waals surface area (Å²) >= 11 is 0.704. The zero-order valence-corrected chi connectivity index (χ0v) is 10.8. The van der Waals surface area contributed by atoms with Crippen LogP contribution in [0.1, 0.15) is 11.1 Å². The molecule has 1 fully saturated rings. The number of aliphatic hydroxyl groups is 1. The van der Waals surface area contributed by atoms with Gasteiger partial charge in [0.2, 0.25) is 0 Å². The van der Waals surface area contributed by atoms with Crippen LogP contribution < -0.4 is 4.90 Å². The standard InChI is InChI=1S/C11H7F6NO2S/c12-10(13,14)5-1-6(11(15,16)17)3-7(2-5)18-4-21-9(20)8(18)19/h1-3,9,20H,4H2. The molecule has 1 N–H and O–H groups in total. The van der Waals surface area contributed by atoms with Crippen molar-refractivity contribution in [2.24, 2.45) is 0 Å². The quantitative estimate of drug-likeness (QED) is 0.804. The predicted molar refractivity (Wildman–Crippen MR) is 62.4 cm³/mol. The monoisotopic (exact) mass is 331 g/mol. The van der Waals surface area contributed by atoms with Crippen molar-refractivity contribution < 1.29 is 36.2 Å². The Bertz CT molecular complexity index is 539. The molecule has 1 atom stereocenters. The van der Waals surface area contributed by atoms with Gasteiger partial charge in [0.1, 0.15) is 0 Å². The molecule has 0 spiro atoms. The van der Waals surface area contributed by atoms with Crippen LogP contribution in [-0.4, -0.2) is 22.3 Å². The van der Waals surface area contributed by atoms with Crippen molar-refractivity contribution in [3.63, 3.8) is 0 Å². The van der Waals surface area contributed by atoms with Crippen molar-refractivity contribution in [1.29, 1.82) is 0 Å². The molecule has 1 aromatic carbocycles. The fraction of sp³-hybridized carbons (Fsp3) is 0.364. The van der Waals surface area contributed by atoms with Gasteiger partial charge in [-0.25, -0.2) is 0 Å². The van der Waals surface area contributed by atoms with Crippen LogP contribution in [0.4, 0.5) is 32.0 Å². The second-order valence-electron chi connectivity index (χ2n) is 4.18. The Hall–Kier alpha value is -1.42. The normalized spacial score (nSPS) is 20.2. The van der Waals surface area contributed by atoms with Crippen molar-refractivity contribution in [3.8, 4) is 0 Å². The molecule has 0 saturated carbocycles. The molecule has 1 aromatic rings. The predicted octanol–water partition coefficient (Wildman–Crippen LogP) is 3.08. The van der Waals surface area contributed by atoms with Gasteiger partial charge in [-0.05, 0) is 18.2 Å². The van der Waals surface area contributed by atoms with Gasteiger partial charge in [-0.2, -0.15) is 26.3 Å². The molecule has 0 bridgehead atoms. The highest BCUT2D eigenvalue weighted by atomic mass is 32.2. The van der Waals surface area contributed by atoms with Gasteiger partial charge in [-0.1, -0.05) is 11.8 Å². The highest BCUT2D eigenvalue weighted by Gasteiger charge is 2.39. The summed E-state index contributed by atoms with van der Waals surface area (Å²) in [5, 5.41) is 9.22. The zero-order valence-electron chi connectivity index (χ0n) is 10.00. The first-order valence-electron chi connectivity index (χ1n) is 5.40. The van der Waals surface area contributed by atoms with Crippen molar-refractivity contribution in [2.75, 3.05) is 10.8 Å². The number of anilines is 1. The Morgan fingerprint density at radius 1 is 1.05 bits per heavy atom. The summed E-state index contributed by atoms with van der Waals surface area (Å²) in [6.07, 6.45) is -9.96. The maximum atomic E-state index is 12.7. The smallest absolute Gasteiger partial charge is 0.373 e. The minimum Gasteiger partial charge on any atom is -0.373 e. The maximum Gasteiger partial charge on any atom is 0.416 e. The number of rotatable bonds is 1.